The summed E-state index contributed by atoms with van der Waals surface area (Å²) in [6.07, 6.45) is 1.71. The third-order valence-electron chi connectivity index (χ3n) is 5.29. The number of pyridine rings is 1. The zero-order valence-electron chi connectivity index (χ0n) is 16.1. The Balaban J connectivity index is 1.89. The van der Waals surface area contributed by atoms with E-state index >= 15 is 0 Å². The van der Waals surface area contributed by atoms with Crippen molar-refractivity contribution in [3.05, 3.63) is 46.2 Å². The predicted molar refractivity (Wildman–Crippen MR) is 103 cm³/mol. The lowest BCUT2D eigenvalue weighted by molar-refractivity contribution is -0.140. The molecule has 0 saturated carbocycles. The van der Waals surface area contributed by atoms with Crippen molar-refractivity contribution >= 4 is 16.8 Å². The lowest BCUT2D eigenvalue weighted by Gasteiger charge is -2.41. The van der Waals surface area contributed by atoms with Crippen LogP contribution in [-0.2, 0) is 16.1 Å². The van der Waals surface area contributed by atoms with Crippen molar-refractivity contribution < 1.29 is 9.53 Å². The number of carbonyl (C=O) groups is 1. The molecule has 1 aromatic heterocycles. The lowest BCUT2D eigenvalue weighted by Crippen LogP contribution is -2.49. The predicted octanol–water partition coefficient (Wildman–Crippen LogP) is 3.12. The Bertz CT molecular complexity index is 869. The number of aromatic nitrogens is 1. The van der Waals surface area contributed by atoms with Gasteiger partial charge in [-0.05, 0) is 52.7 Å². The molecular weight excluding hydrogens is 328 g/mol. The highest BCUT2D eigenvalue weighted by Crippen LogP contribution is 2.27. The topological polar surface area (TPSA) is 51.5 Å². The van der Waals surface area contributed by atoms with Crippen LogP contribution in [0, 0.1) is 6.92 Å². The molecule has 3 rings (SSSR count). The number of rotatable bonds is 4. The number of amides is 1. The molecule has 0 unspecified atom stereocenters. The number of hydrogen-bond donors (Lipinski definition) is 0. The Morgan fingerprint density at radius 1 is 1.35 bits per heavy atom. The van der Waals surface area contributed by atoms with Crippen LogP contribution in [0.2, 0.25) is 0 Å². The van der Waals surface area contributed by atoms with Crippen LogP contribution in [0.15, 0.2) is 35.1 Å². The van der Waals surface area contributed by atoms with Gasteiger partial charge in [0.05, 0.1) is 11.1 Å². The van der Waals surface area contributed by atoms with Crippen LogP contribution in [0.5, 0.6) is 0 Å². The van der Waals surface area contributed by atoms with Crippen LogP contribution >= 0.6 is 0 Å². The second kappa shape index (κ2) is 7.23. The van der Waals surface area contributed by atoms with Gasteiger partial charge in [-0.2, -0.15) is 0 Å². The molecule has 26 heavy (non-hydrogen) atoms. The first-order valence-electron chi connectivity index (χ1n) is 9.35. The zero-order chi connectivity index (χ0) is 18.9. The molecule has 1 atom stereocenters. The molecule has 1 aromatic carbocycles. The molecule has 140 valence electrons. The van der Waals surface area contributed by atoms with Crippen molar-refractivity contribution in [2.24, 2.45) is 0 Å². The van der Waals surface area contributed by atoms with E-state index in [0.29, 0.717) is 18.5 Å². The van der Waals surface area contributed by atoms with Gasteiger partial charge in [0.15, 0.2) is 5.43 Å². The molecule has 1 fully saturated rings. The number of likely N-dealkylation sites (N-methyl/N-ethyl adjacent to an activating group) is 1. The molecule has 5 nitrogen and oxygen atoms in total. The SMILES string of the molecule is CCN(C(=O)Cn1c(C)cc(=O)c2ccccc21)[C@H]1CCOC(C)(C)C1. The number of benzene rings is 1. The first-order chi connectivity index (χ1) is 12.3. The van der Waals surface area contributed by atoms with E-state index < -0.39 is 0 Å². The Morgan fingerprint density at radius 2 is 2.08 bits per heavy atom. The second-order valence-electron chi connectivity index (χ2n) is 7.69. The molecule has 1 aliphatic heterocycles. The smallest absolute Gasteiger partial charge is 0.242 e. The van der Waals surface area contributed by atoms with Gasteiger partial charge in [0.1, 0.15) is 6.54 Å². The van der Waals surface area contributed by atoms with E-state index in [2.05, 4.69) is 13.8 Å². The minimum Gasteiger partial charge on any atom is -0.375 e. The normalized spacial score (nSPS) is 19.5. The fourth-order valence-electron chi connectivity index (χ4n) is 3.99. The highest BCUT2D eigenvalue weighted by atomic mass is 16.5. The molecule has 0 bridgehead atoms. The Kier molecular flexibility index (Phi) is 5.19. The molecular formula is C21H28N2O3. The fourth-order valence-corrected chi connectivity index (χ4v) is 3.99. The average Bonchev–Trinajstić information content (AvgIpc) is 2.58. The van der Waals surface area contributed by atoms with E-state index in [4.69, 9.17) is 4.74 Å². The summed E-state index contributed by atoms with van der Waals surface area (Å²) in [4.78, 5) is 27.3. The van der Waals surface area contributed by atoms with E-state index in [1.54, 1.807) is 6.07 Å². The van der Waals surface area contributed by atoms with E-state index in [1.165, 1.54) is 0 Å². The minimum atomic E-state index is -0.198. The van der Waals surface area contributed by atoms with Gasteiger partial charge in [0, 0.05) is 36.3 Å². The van der Waals surface area contributed by atoms with Crippen LogP contribution < -0.4 is 5.43 Å². The van der Waals surface area contributed by atoms with Crippen LogP contribution in [0.3, 0.4) is 0 Å². The van der Waals surface area contributed by atoms with Crippen LogP contribution in [0.25, 0.3) is 10.9 Å². The third kappa shape index (κ3) is 3.68. The van der Waals surface area contributed by atoms with Crippen LogP contribution in [0.4, 0.5) is 0 Å². The summed E-state index contributed by atoms with van der Waals surface area (Å²) in [5.74, 6) is 0.0899. The quantitative estimate of drug-likeness (QED) is 0.846. The number of aryl methyl sites for hydroxylation is 1. The summed E-state index contributed by atoms with van der Waals surface area (Å²) in [5.41, 5.74) is 1.43. The van der Waals surface area contributed by atoms with E-state index in [-0.39, 0.29) is 29.5 Å². The molecule has 2 heterocycles. The maximum Gasteiger partial charge on any atom is 0.242 e. The molecule has 1 saturated heterocycles. The highest BCUT2D eigenvalue weighted by Gasteiger charge is 2.33. The number of hydrogen-bond acceptors (Lipinski definition) is 3. The molecule has 1 aliphatic rings. The maximum atomic E-state index is 13.1. The van der Waals surface area contributed by atoms with Crippen LogP contribution in [0.1, 0.15) is 39.3 Å². The molecule has 0 N–H and O–H groups in total. The first kappa shape index (κ1) is 18.6. The molecule has 0 spiro atoms. The monoisotopic (exact) mass is 356 g/mol. The number of carbonyl (C=O) groups excluding carboxylic acids is 1. The van der Waals surface area contributed by atoms with Crippen LogP contribution in [-0.4, -0.2) is 40.2 Å². The van der Waals surface area contributed by atoms with Gasteiger partial charge in [-0.15, -0.1) is 0 Å². The Labute approximate surface area is 154 Å². The first-order valence-corrected chi connectivity index (χ1v) is 9.35. The number of ether oxygens (including phenoxy) is 1. The van der Waals surface area contributed by atoms with Gasteiger partial charge in [0.2, 0.25) is 5.91 Å². The maximum absolute atomic E-state index is 13.1. The second-order valence-corrected chi connectivity index (χ2v) is 7.69. The molecule has 2 aromatic rings. The summed E-state index contributed by atoms with van der Waals surface area (Å²) >= 11 is 0. The van der Waals surface area contributed by atoms with E-state index in [1.807, 2.05) is 47.6 Å². The summed E-state index contributed by atoms with van der Waals surface area (Å²) in [7, 11) is 0. The number of para-hydroxylation sites is 1. The molecule has 0 radical (unpaired) electrons. The van der Waals surface area contributed by atoms with Crippen molar-refractivity contribution in [1.82, 2.24) is 9.47 Å². The molecule has 5 heteroatoms. The number of fused-ring (bicyclic) bond motifs is 1. The standard InChI is InChI=1S/C21H28N2O3/c1-5-22(16-10-11-26-21(3,4)13-16)20(25)14-23-15(2)12-19(24)17-8-6-7-9-18(17)23/h6-9,12,16H,5,10-11,13-14H2,1-4H3/t16-/m0/s1. The Hall–Kier alpha value is -2.14. The van der Waals surface area contributed by atoms with Gasteiger partial charge in [-0.1, -0.05) is 12.1 Å². The molecule has 0 aliphatic carbocycles. The zero-order valence-corrected chi connectivity index (χ0v) is 16.1. The largest absolute Gasteiger partial charge is 0.375 e. The van der Waals surface area contributed by atoms with Gasteiger partial charge in [0.25, 0.3) is 0 Å². The van der Waals surface area contributed by atoms with Crippen molar-refractivity contribution in [3.8, 4) is 0 Å². The summed E-state index contributed by atoms with van der Waals surface area (Å²) in [5, 5.41) is 0.654. The lowest BCUT2D eigenvalue weighted by atomic mass is 9.92. The van der Waals surface area contributed by atoms with Crippen molar-refractivity contribution in [2.75, 3.05) is 13.2 Å². The van der Waals surface area contributed by atoms with Gasteiger partial charge in [-0.3, -0.25) is 9.59 Å². The summed E-state index contributed by atoms with van der Waals surface area (Å²) in [6.45, 7) is 9.68. The minimum absolute atomic E-state index is 0.000301. The third-order valence-corrected chi connectivity index (χ3v) is 5.29. The average molecular weight is 356 g/mol. The van der Waals surface area contributed by atoms with Gasteiger partial charge >= 0.3 is 0 Å². The number of nitrogens with zero attached hydrogens (tertiary/aromatic N) is 2. The highest BCUT2D eigenvalue weighted by molar-refractivity contribution is 5.82. The van der Waals surface area contributed by atoms with E-state index in [9.17, 15) is 9.59 Å². The molecule has 1 amide bonds. The van der Waals surface area contributed by atoms with Gasteiger partial charge < -0.3 is 14.2 Å². The van der Waals surface area contributed by atoms with E-state index in [0.717, 1.165) is 24.1 Å². The van der Waals surface area contributed by atoms with Crippen molar-refractivity contribution in [3.63, 3.8) is 0 Å². The van der Waals surface area contributed by atoms with Crippen molar-refractivity contribution in [2.45, 2.75) is 58.7 Å². The van der Waals surface area contributed by atoms with Crippen molar-refractivity contribution in [1.29, 1.82) is 0 Å². The van der Waals surface area contributed by atoms with Gasteiger partial charge in [-0.25, -0.2) is 0 Å². The Morgan fingerprint density at radius 3 is 2.77 bits per heavy atom. The summed E-state index contributed by atoms with van der Waals surface area (Å²) in [6, 6.07) is 9.29. The summed E-state index contributed by atoms with van der Waals surface area (Å²) < 4.78 is 7.75. The fraction of sp³-hybridized carbons (Fsp3) is 0.524.